The van der Waals surface area contributed by atoms with Crippen LogP contribution in [0.3, 0.4) is 0 Å². The average molecular weight is 538 g/mol. The van der Waals surface area contributed by atoms with Crippen LogP contribution in [0, 0.1) is 20.8 Å². The number of urea groups is 1. The van der Waals surface area contributed by atoms with Crippen LogP contribution in [-0.4, -0.2) is 55.6 Å². The lowest BCUT2D eigenvalue weighted by molar-refractivity contribution is -0.132. The zero-order valence-corrected chi connectivity index (χ0v) is 24.1. The number of nitrogens with one attached hydrogen (secondary N) is 1. The van der Waals surface area contributed by atoms with Crippen molar-refractivity contribution in [2.75, 3.05) is 39.2 Å². The van der Waals surface area contributed by atoms with Gasteiger partial charge >= 0.3 is 6.03 Å². The van der Waals surface area contributed by atoms with E-state index in [1.165, 1.54) is 0 Å². The minimum atomic E-state index is -0.268. The number of amides is 3. The zero-order valence-electron chi connectivity index (χ0n) is 23.3. The molecule has 0 spiro atoms. The summed E-state index contributed by atoms with van der Waals surface area (Å²) in [5.74, 6) is 1.25. The Balaban J connectivity index is 1.75. The number of hydrogen-bond donors (Lipinski definition) is 1. The fourth-order valence-corrected chi connectivity index (χ4v) is 5.06. The molecule has 0 unspecified atom stereocenters. The number of methoxy groups -OCH3 is 2. The van der Waals surface area contributed by atoms with E-state index in [1.54, 1.807) is 30.5 Å². The molecule has 8 heteroatoms. The highest BCUT2D eigenvalue weighted by Gasteiger charge is 2.22. The molecule has 0 bridgehead atoms. The van der Waals surface area contributed by atoms with Crippen LogP contribution >= 0.6 is 11.3 Å². The maximum Gasteiger partial charge on any atom is 0.322 e. The van der Waals surface area contributed by atoms with Gasteiger partial charge < -0.3 is 24.6 Å². The van der Waals surface area contributed by atoms with Gasteiger partial charge in [-0.05, 0) is 91.6 Å². The van der Waals surface area contributed by atoms with Gasteiger partial charge in [-0.1, -0.05) is 19.1 Å². The highest BCUT2D eigenvalue weighted by Crippen LogP contribution is 2.28. The monoisotopic (exact) mass is 537 g/mol. The average Bonchev–Trinajstić information content (AvgIpc) is 3.31. The highest BCUT2D eigenvalue weighted by molar-refractivity contribution is 7.10. The van der Waals surface area contributed by atoms with Crippen LogP contribution < -0.4 is 14.8 Å². The molecule has 0 aliphatic rings. The standard InChI is InChI=1S/C30H39N3O4S/c1-7-14-33(30(35)31-25-10-8-21(2)23(4)17-25)20-29(34)32(19-28-22(3)13-16-38-28)15-12-24-9-11-26(36-5)27(18-24)37-6/h8-11,13,16-18H,7,12,14-15,19-20H2,1-6H3,(H,31,35). The Bertz CT molecular complexity index is 1240. The van der Waals surface area contributed by atoms with Crippen molar-refractivity contribution >= 4 is 29.0 Å². The number of carbonyl (C=O) groups excluding carboxylic acids is 2. The van der Waals surface area contributed by atoms with E-state index in [0.29, 0.717) is 37.6 Å². The van der Waals surface area contributed by atoms with Gasteiger partial charge in [0.2, 0.25) is 5.91 Å². The molecule has 0 aliphatic carbocycles. The van der Waals surface area contributed by atoms with Crippen molar-refractivity contribution in [1.82, 2.24) is 9.80 Å². The van der Waals surface area contributed by atoms with Crippen molar-refractivity contribution in [3.8, 4) is 11.5 Å². The first kappa shape index (κ1) is 29.0. The first-order chi connectivity index (χ1) is 18.2. The van der Waals surface area contributed by atoms with Crippen molar-refractivity contribution in [3.63, 3.8) is 0 Å². The van der Waals surface area contributed by atoms with Gasteiger partial charge in [0, 0.05) is 23.7 Å². The Morgan fingerprint density at radius 3 is 2.26 bits per heavy atom. The normalized spacial score (nSPS) is 10.7. The number of thiophene rings is 1. The molecule has 204 valence electrons. The third-order valence-electron chi connectivity index (χ3n) is 6.64. The number of anilines is 1. The topological polar surface area (TPSA) is 71.1 Å². The molecular weight excluding hydrogens is 498 g/mol. The van der Waals surface area contributed by atoms with Crippen LogP contribution in [0.15, 0.2) is 47.8 Å². The van der Waals surface area contributed by atoms with Crippen molar-refractivity contribution in [2.24, 2.45) is 0 Å². The van der Waals surface area contributed by atoms with E-state index in [-0.39, 0.29) is 18.5 Å². The summed E-state index contributed by atoms with van der Waals surface area (Å²) in [5, 5.41) is 5.01. The van der Waals surface area contributed by atoms with E-state index in [0.717, 1.165) is 39.2 Å². The second-order valence-corrected chi connectivity index (χ2v) is 10.4. The van der Waals surface area contributed by atoms with Crippen LogP contribution in [0.5, 0.6) is 11.5 Å². The molecule has 3 aromatic rings. The summed E-state index contributed by atoms with van der Waals surface area (Å²) in [6.45, 7) is 9.65. The van der Waals surface area contributed by atoms with E-state index >= 15 is 0 Å². The Morgan fingerprint density at radius 2 is 1.63 bits per heavy atom. The summed E-state index contributed by atoms with van der Waals surface area (Å²) in [4.78, 5) is 31.4. The first-order valence-corrected chi connectivity index (χ1v) is 13.8. The van der Waals surface area contributed by atoms with Crippen LogP contribution in [-0.2, 0) is 17.8 Å². The minimum Gasteiger partial charge on any atom is -0.493 e. The van der Waals surface area contributed by atoms with Crippen molar-refractivity contribution < 1.29 is 19.1 Å². The van der Waals surface area contributed by atoms with E-state index in [1.807, 2.05) is 67.4 Å². The number of aryl methyl sites for hydroxylation is 3. The Labute approximate surface area is 230 Å². The highest BCUT2D eigenvalue weighted by atomic mass is 32.1. The first-order valence-electron chi connectivity index (χ1n) is 12.9. The van der Waals surface area contributed by atoms with Gasteiger partial charge in [-0.2, -0.15) is 0 Å². The molecule has 1 aromatic heterocycles. The predicted molar refractivity (Wildman–Crippen MR) is 155 cm³/mol. The van der Waals surface area contributed by atoms with Gasteiger partial charge in [0.25, 0.3) is 0 Å². The molecule has 0 saturated heterocycles. The Morgan fingerprint density at radius 1 is 0.868 bits per heavy atom. The molecule has 1 heterocycles. The van der Waals surface area contributed by atoms with E-state index in [4.69, 9.17) is 9.47 Å². The van der Waals surface area contributed by atoms with Crippen LogP contribution in [0.25, 0.3) is 0 Å². The summed E-state index contributed by atoms with van der Waals surface area (Å²) >= 11 is 1.64. The number of benzene rings is 2. The molecule has 0 atom stereocenters. The molecule has 38 heavy (non-hydrogen) atoms. The molecule has 0 radical (unpaired) electrons. The van der Waals surface area contributed by atoms with Crippen LogP contribution in [0.2, 0.25) is 0 Å². The lowest BCUT2D eigenvalue weighted by atomic mass is 10.1. The van der Waals surface area contributed by atoms with Crippen molar-refractivity contribution in [2.45, 2.75) is 47.1 Å². The molecule has 0 saturated carbocycles. The number of nitrogens with zero attached hydrogens (tertiary/aromatic N) is 2. The predicted octanol–water partition coefficient (Wildman–Crippen LogP) is 6.21. The van der Waals surface area contributed by atoms with Crippen molar-refractivity contribution in [1.29, 1.82) is 0 Å². The van der Waals surface area contributed by atoms with Gasteiger partial charge in [-0.15, -0.1) is 11.3 Å². The Kier molecular flexibility index (Phi) is 10.6. The quantitative estimate of drug-likeness (QED) is 0.298. The molecule has 1 N–H and O–H groups in total. The summed E-state index contributed by atoms with van der Waals surface area (Å²) in [6, 6.07) is 13.4. The van der Waals surface area contributed by atoms with E-state index in [9.17, 15) is 9.59 Å². The van der Waals surface area contributed by atoms with E-state index in [2.05, 4.69) is 18.3 Å². The molecule has 2 aromatic carbocycles. The SMILES string of the molecule is CCCN(CC(=O)N(CCc1ccc(OC)c(OC)c1)Cc1sccc1C)C(=O)Nc1ccc(C)c(C)c1. The lowest BCUT2D eigenvalue weighted by Gasteiger charge is -2.28. The van der Waals surface area contributed by atoms with E-state index < -0.39 is 0 Å². The molecule has 0 aliphatic heterocycles. The van der Waals surface area contributed by atoms with Crippen LogP contribution in [0.4, 0.5) is 10.5 Å². The summed E-state index contributed by atoms with van der Waals surface area (Å²) < 4.78 is 10.8. The largest absolute Gasteiger partial charge is 0.493 e. The van der Waals surface area contributed by atoms with Gasteiger partial charge in [-0.25, -0.2) is 4.79 Å². The smallest absolute Gasteiger partial charge is 0.322 e. The molecule has 3 amide bonds. The summed E-state index contributed by atoms with van der Waals surface area (Å²) in [5.41, 5.74) is 5.20. The lowest BCUT2D eigenvalue weighted by Crippen LogP contribution is -2.45. The summed E-state index contributed by atoms with van der Waals surface area (Å²) in [6.07, 6.45) is 1.41. The fourth-order valence-electron chi connectivity index (χ4n) is 4.14. The molecule has 7 nitrogen and oxygen atoms in total. The van der Waals surface area contributed by atoms with Gasteiger partial charge in [0.15, 0.2) is 11.5 Å². The van der Waals surface area contributed by atoms with Crippen molar-refractivity contribution in [3.05, 3.63) is 75.0 Å². The third-order valence-corrected chi connectivity index (χ3v) is 7.65. The number of hydrogen-bond acceptors (Lipinski definition) is 5. The van der Waals surface area contributed by atoms with Gasteiger partial charge in [0.1, 0.15) is 6.54 Å². The number of carbonyl (C=O) groups is 2. The van der Waals surface area contributed by atoms with Crippen LogP contribution in [0.1, 0.15) is 40.5 Å². The Hall–Kier alpha value is -3.52. The third kappa shape index (κ3) is 7.74. The number of ether oxygens (including phenoxy) is 2. The van der Waals surface area contributed by atoms with Gasteiger partial charge in [-0.3, -0.25) is 4.79 Å². The zero-order chi connectivity index (χ0) is 27.7. The second kappa shape index (κ2) is 13.9. The fraction of sp³-hybridized carbons (Fsp3) is 0.400. The summed E-state index contributed by atoms with van der Waals surface area (Å²) in [7, 11) is 3.22. The maximum atomic E-state index is 13.6. The maximum absolute atomic E-state index is 13.6. The molecular formula is C30H39N3O4S. The molecule has 3 rings (SSSR count). The molecule has 0 fully saturated rings. The minimum absolute atomic E-state index is 0.0148. The van der Waals surface area contributed by atoms with Gasteiger partial charge in [0.05, 0.1) is 20.8 Å². The second-order valence-electron chi connectivity index (χ2n) is 9.43. The number of rotatable bonds is 12.